The lowest BCUT2D eigenvalue weighted by Gasteiger charge is -2.54. The van der Waals surface area contributed by atoms with Crippen LogP contribution in [0.5, 0.6) is 0 Å². The summed E-state index contributed by atoms with van der Waals surface area (Å²) >= 11 is 0. The largest absolute Gasteiger partial charge is 0.547 e. The van der Waals surface area contributed by atoms with E-state index >= 15 is 0 Å². The van der Waals surface area contributed by atoms with E-state index in [0.29, 0.717) is 17.4 Å². The Morgan fingerprint density at radius 3 is 2.39 bits per heavy atom. The van der Waals surface area contributed by atoms with Crippen LogP contribution in [0.2, 0.25) is 19.6 Å². The van der Waals surface area contributed by atoms with E-state index in [1.807, 2.05) is 30.3 Å². The zero-order chi connectivity index (χ0) is 29.6. The second-order valence-corrected chi connectivity index (χ2v) is 20.2. The zero-order valence-electron chi connectivity index (χ0n) is 27.3. The van der Waals surface area contributed by atoms with Crippen LogP contribution in [0.15, 0.2) is 52.8 Å². The van der Waals surface area contributed by atoms with Gasteiger partial charge in [0.25, 0.3) is 0 Å². The number of rotatable bonds is 9. The van der Waals surface area contributed by atoms with E-state index in [-0.39, 0.29) is 22.9 Å². The van der Waals surface area contributed by atoms with E-state index in [1.165, 1.54) is 44.3 Å². The fourth-order valence-corrected chi connectivity index (χ4v) is 10.1. The molecular weight excluding hydrogens is 520 g/mol. The van der Waals surface area contributed by atoms with E-state index in [4.69, 9.17) is 9.16 Å². The summed E-state index contributed by atoms with van der Waals surface area (Å²) < 4.78 is 13.1. The van der Waals surface area contributed by atoms with Crippen molar-refractivity contribution in [2.45, 2.75) is 131 Å². The third-order valence-electron chi connectivity index (χ3n) is 11.3. The van der Waals surface area contributed by atoms with E-state index in [2.05, 4.69) is 54.3 Å². The molecule has 0 saturated heterocycles. The van der Waals surface area contributed by atoms with Gasteiger partial charge in [0.2, 0.25) is 8.32 Å². The van der Waals surface area contributed by atoms with E-state index in [9.17, 15) is 4.79 Å². The van der Waals surface area contributed by atoms with Gasteiger partial charge in [0.1, 0.15) is 6.10 Å². The molecule has 0 amide bonds. The number of benzene rings is 1. The molecule has 0 radical (unpaired) electrons. The molecule has 41 heavy (non-hydrogen) atoms. The van der Waals surface area contributed by atoms with Crippen molar-refractivity contribution >= 4 is 14.3 Å². The van der Waals surface area contributed by atoms with Crippen molar-refractivity contribution in [1.82, 2.24) is 0 Å². The number of hydrogen-bond acceptors (Lipinski definition) is 3. The average molecular weight is 577 g/mol. The fourth-order valence-electron chi connectivity index (χ4n) is 9.20. The van der Waals surface area contributed by atoms with Crippen LogP contribution in [0.1, 0.15) is 116 Å². The van der Waals surface area contributed by atoms with Crippen molar-refractivity contribution in [3.63, 3.8) is 0 Å². The van der Waals surface area contributed by atoms with Gasteiger partial charge in [-0.25, -0.2) is 4.79 Å². The van der Waals surface area contributed by atoms with Gasteiger partial charge in [-0.15, -0.1) is 0 Å². The number of esters is 1. The third-order valence-corrected chi connectivity index (χ3v) is 12.2. The lowest BCUT2D eigenvalue weighted by molar-refractivity contribution is -0.0124. The van der Waals surface area contributed by atoms with Crippen LogP contribution < -0.4 is 0 Å². The van der Waals surface area contributed by atoms with Crippen molar-refractivity contribution in [2.75, 3.05) is 0 Å². The van der Waals surface area contributed by atoms with E-state index in [0.717, 1.165) is 43.9 Å². The first kappa shape index (κ1) is 30.6. The maximum Gasteiger partial charge on any atom is 0.338 e. The molecule has 1 aromatic carbocycles. The molecule has 0 N–H and O–H groups in total. The molecule has 1 aromatic rings. The monoisotopic (exact) mass is 576 g/mol. The summed E-state index contributed by atoms with van der Waals surface area (Å²) in [7, 11) is -1.73. The van der Waals surface area contributed by atoms with Crippen LogP contribution in [-0.4, -0.2) is 20.4 Å². The Morgan fingerprint density at radius 1 is 0.976 bits per heavy atom. The van der Waals surface area contributed by atoms with Gasteiger partial charge in [-0.3, -0.25) is 0 Å². The Morgan fingerprint density at radius 2 is 1.71 bits per heavy atom. The SMILES string of the molecule is CC(C)CCC[C@@H](C)[C@H]1CC(O[Si](C)(C)C)=C2C3=C(CC[C@@]21C)[C@@]1(C)CC[C@H](OC(=O)c2ccccc2)C[C@@H]1CC3. The molecule has 1 fully saturated rings. The second-order valence-electron chi connectivity index (χ2n) is 15.8. The van der Waals surface area contributed by atoms with Gasteiger partial charge in [0, 0.05) is 6.42 Å². The molecule has 6 atom stereocenters. The predicted octanol–water partition coefficient (Wildman–Crippen LogP) is 10.5. The molecule has 0 bridgehead atoms. The first-order valence-corrected chi connectivity index (χ1v) is 20.1. The summed E-state index contributed by atoms with van der Waals surface area (Å²) in [6.45, 7) is 19.4. The van der Waals surface area contributed by atoms with Crippen LogP contribution in [0.4, 0.5) is 0 Å². The van der Waals surface area contributed by atoms with Crippen LogP contribution in [0, 0.1) is 34.5 Å². The Labute approximate surface area is 251 Å². The zero-order valence-corrected chi connectivity index (χ0v) is 28.3. The highest BCUT2D eigenvalue weighted by molar-refractivity contribution is 6.70. The Bertz CT molecular complexity index is 1170. The van der Waals surface area contributed by atoms with Gasteiger partial charge >= 0.3 is 5.97 Å². The molecule has 0 spiro atoms. The summed E-state index contributed by atoms with van der Waals surface area (Å²) in [5, 5.41) is 0. The molecular formula is C37H56O3Si. The summed E-state index contributed by atoms with van der Waals surface area (Å²) in [4.78, 5) is 12.8. The highest BCUT2D eigenvalue weighted by Crippen LogP contribution is 2.66. The maximum absolute atomic E-state index is 12.8. The van der Waals surface area contributed by atoms with Gasteiger partial charge in [-0.1, -0.05) is 77.7 Å². The first-order chi connectivity index (χ1) is 19.3. The summed E-state index contributed by atoms with van der Waals surface area (Å²) in [5.74, 6) is 3.98. The molecule has 0 aromatic heterocycles. The number of carbonyl (C=O) groups excluding carboxylic acids is 1. The van der Waals surface area contributed by atoms with Gasteiger partial charge in [0.15, 0.2) is 0 Å². The number of carbonyl (C=O) groups is 1. The van der Waals surface area contributed by atoms with Crippen LogP contribution in [0.3, 0.4) is 0 Å². The molecule has 0 heterocycles. The van der Waals surface area contributed by atoms with Gasteiger partial charge < -0.3 is 9.16 Å². The van der Waals surface area contributed by atoms with Crippen molar-refractivity contribution < 1.29 is 14.0 Å². The topological polar surface area (TPSA) is 35.5 Å². The highest BCUT2D eigenvalue weighted by Gasteiger charge is 2.55. The molecule has 5 rings (SSSR count). The number of ether oxygens (including phenoxy) is 1. The molecule has 0 unspecified atom stereocenters. The molecule has 226 valence electrons. The lowest BCUT2D eigenvalue weighted by atomic mass is 9.51. The van der Waals surface area contributed by atoms with Crippen molar-refractivity contribution in [1.29, 1.82) is 0 Å². The standard InChI is InChI=1S/C37H56O3Si/c1-25(2)13-12-14-26(3)32-24-33(40-41(6,7)8)34-30-18-17-28-23-29(39-35(38)27-15-10-9-11-16-27)19-21-36(28,4)31(30)20-22-37(32,34)5/h9-11,15-16,25-26,28-29,32H,12-14,17-24H2,1-8H3/t26-,28+,29+,32-,36+,37-/m1/s1. The maximum atomic E-state index is 12.8. The van der Waals surface area contributed by atoms with Gasteiger partial charge in [-0.2, -0.15) is 0 Å². The smallest absolute Gasteiger partial charge is 0.338 e. The Kier molecular flexibility index (Phi) is 8.74. The number of hydrogen-bond donors (Lipinski definition) is 0. The predicted molar refractivity (Wildman–Crippen MR) is 172 cm³/mol. The Hall–Kier alpha value is -1.81. The van der Waals surface area contributed by atoms with E-state index < -0.39 is 8.32 Å². The van der Waals surface area contributed by atoms with Crippen LogP contribution in [-0.2, 0) is 9.16 Å². The summed E-state index contributed by atoms with van der Waals surface area (Å²) in [6, 6.07) is 9.49. The third kappa shape index (κ3) is 6.15. The molecule has 3 nitrogen and oxygen atoms in total. The minimum Gasteiger partial charge on any atom is -0.547 e. The molecule has 1 saturated carbocycles. The van der Waals surface area contributed by atoms with Gasteiger partial charge in [-0.05, 0) is 122 Å². The minimum absolute atomic E-state index is 0.0318. The van der Waals surface area contributed by atoms with Gasteiger partial charge in [0.05, 0.1) is 11.3 Å². The summed E-state index contributed by atoms with van der Waals surface area (Å²) in [6.07, 6.45) is 13.1. The average Bonchev–Trinajstić information content (AvgIpc) is 3.19. The Balaban J connectivity index is 1.39. The highest BCUT2D eigenvalue weighted by atomic mass is 28.4. The molecule has 4 aliphatic rings. The summed E-state index contributed by atoms with van der Waals surface area (Å²) in [5.41, 5.74) is 6.16. The van der Waals surface area contributed by atoms with E-state index in [1.54, 1.807) is 16.7 Å². The normalized spacial score (nSPS) is 32.4. The van der Waals surface area contributed by atoms with Crippen molar-refractivity contribution in [2.24, 2.45) is 34.5 Å². The van der Waals surface area contributed by atoms with Crippen LogP contribution >= 0.6 is 0 Å². The molecule has 0 aliphatic heterocycles. The number of allylic oxidation sites excluding steroid dienone is 4. The minimum atomic E-state index is -1.73. The number of fused-ring (bicyclic) bond motifs is 4. The molecule has 4 aliphatic carbocycles. The molecule has 4 heteroatoms. The van der Waals surface area contributed by atoms with Crippen molar-refractivity contribution in [3.05, 3.63) is 58.4 Å². The van der Waals surface area contributed by atoms with Crippen LogP contribution in [0.25, 0.3) is 0 Å². The second kappa shape index (κ2) is 11.7. The fraction of sp³-hybridized carbons (Fsp3) is 0.703. The quantitative estimate of drug-likeness (QED) is 0.217. The first-order valence-electron chi connectivity index (χ1n) is 16.7. The van der Waals surface area contributed by atoms with Crippen molar-refractivity contribution in [3.8, 4) is 0 Å². The lowest BCUT2D eigenvalue weighted by Crippen LogP contribution is -2.45.